The molecule has 1 heterocycles. The van der Waals surface area contributed by atoms with Crippen molar-refractivity contribution in [3.63, 3.8) is 0 Å². The van der Waals surface area contributed by atoms with E-state index in [1.165, 1.54) is 11.9 Å². The standard InChI is InChI=1S/C28H39N7O5S/c1-3-40-33-15-14-31-25(36)17-23(34-41-22-12-10-21(39-2)11-13-22)28(38)35-16-4-5-24(35)27(37)32-18-19-6-8-20(9-7-19)26(29)30/h6-13,23-24,33-34H,3-5,14-18H2,1-2H3,(H3,29,30)(H,31,36)(H,32,37)/t23-,24+/m1/s1. The number of methoxy groups -OCH3 is 1. The molecule has 13 heteroatoms. The Kier molecular flexibility index (Phi) is 12.9. The average molecular weight is 586 g/mol. The first-order valence-corrected chi connectivity index (χ1v) is 14.3. The van der Waals surface area contributed by atoms with E-state index < -0.39 is 12.1 Å². The van der Waals surface area contributed by atoms with Crippen LogP contribution in [0.15, 0.2) is 53.4 Å². The third kappa shape index (κ3) is 10.0. The molecule has 3 amide bonds. The molecule has 41 heavy (non-hydrogen) atoms. The van der Waals surface area contributed by atoms with Gasteiger partial charge in [0.2, 0.25) is 17.7 Å². The normalized spacial score (nSPS) is 15.3. The molecule has 7 N–H and O–H groups in total. The molecule has 1 fully saturated rings. The van der Waals surface area contributed by atoms with Gasteiger partial charge in [0, 0.05) is 36.6 Å². The molecular weight excluding hydrogens is 546 g/mol. The van der Waals surface area contributed by atoms with E-state index in [-0.39, 0.29) is 36.5 Å². The first-order valence-electron chi connectivity index (χ1n) is 13.5. The van der Waals surface area contributed by atoms with Gasteiger partial charge in [-0.25, -0.2) is 10.2 Å². The molecule has 0 radical (unpaired) electrons. The Hall–Kier alpha value is -3.65. The van der Waals surface area contributed by atoms with Gasteiger partial charge in [0.1, 0.15) is 23.7 Å². The van der Waals surface area contributed by atoms with Crippen molar-refractivity contribution < 1.29 is 24.0 Å². The highest BCUT2D eigenvalue weighted by Gasteiger charge is 2.37. The molecule has 222 valence electrons. The number of hydrogen-bond donors (Lipinski definition) is 6. The molecule has 2 aromatic carbocycles. The van der Waals surface area contributed by atoms with Gasteiger partial charge >= 0.3 is 0 Å². The third-order valence-corrected chi connectivity index (χ3v) is 7.34. The number of ether oxygens (including phenoxy) is 1. The minimum absolute atomic E-state index is 0.0233. The number of nitrogens with zero attached hydrogens (tertiary/aromatic N) is 1. The lowest BCUT2D eigenvalue weighted by molar-refractivity contribution is -0.140. The summed E-state index contributed by atoms with van der Waals surface area (Å²) >= 11 is 1.24. The minimum Gasteiger partial charge on any atom is -0.497 e. The fourth-order valence-corrected chi connectivity index (χ4v) is 4.99. The van der Waals surface area contributed by atoms with E-state index in [2.05, 4.69) is 20.8 Å². The van der Waals surface area contributed by atoms with E-state index in [0.29, 0.717) is 50.4 Å². The second-order valence-corrected chi connectivity index (χ2v) is 10.3. The quantitative estimate of drug-likeness (QED) is 0.0559. The molecule has 2 aromatic rings. The van der Waals surface area contributed by atoms with Gasteiger partial charge in [-0.2, -0.15) is 0 Å². The molecule has 3 rings (SSSR count). The highest BCUT2D eigenvalue weighted by Crippen LogP contribution is 2.23. The van der Waals surface area contributed by atoms with Crippen LogP contribution in [0, 0.1) is 5.41 Å². The summed E-state index contributed by atoms with van der Waals surface area (Å²) in [6.07, 6.45) is 1.13. The van der Waals surface area contributed by atoms with Crippen LogP contribution in [0.25, 0.3) is 0 Å². The molecule has 12 nitrogen and oxygen atoms in total. The summed E-state index contributed by atoms with van der Waals surface area (Å²) in [6.45, 7) is 3.84. The zero-order chi connectivity index (χ0) is 29.6. The Morgan fingerprint density at radius 1 is 1.10 bits per heavy atom. The van der Waals surface area contributed by atoms with Crippen molar-refractivity contribution in [2.45, 2.75) is 49.7 Å². The maximum atomic E-state index is 13.7. The van der Waals surface area contributed by atoms with E-state index in [1.54, 1.807) is 36.3 Å². The number of amidine groups is 1. The number of carbonyl (C=O) groups is 3. The molecule has 1 aliphatic heterocycles. The van der Waals surface area contributed by atoms with Crippen molar-refractivity contribution in [3.05, 3.63) is 59.7 Å². The van der Waals surface area contributed by atoms with E-state index in [9.17, 15) is 14.4 Å². The van der Waals surface area contributed by atoms with E-state index in [0.717, 1.165) is 10.5 Å². The maximum absolute atomic E-state index is 13.7. The summed E-state index contributed by atoms with van der Waals surface area (Å²) in [5.41, 5.74) is 9.70. The number of hydroxylamine groups is 1. The summed E-state index contributed by atoms with van der Waals surface area (Å²) in [4.78, 5) is 47.0. The van der Waals surface area contributed by atoms with Crippen molar-refractivity contribution >= 4 is 35.5 Å². The van der Waals surface area contributed by atoms with Crippen molar-refractivity contribution in [1.82, 2.24) is 25.7 Å². The predicted octanol–water partition coefficient (Wildman–Crippen LogP) is 1.30. The summed E-state index contributed by atoms with van der Waals surface area (Å²) in [7, 11) is 1.59. The Morgan fingerprint density at radius 3 is 2.49 bits per heavy atom. The number of nitrogen functional groups attached to an aromatic ring is 1. The van der Waals surface area contributed by atoms with Crippen LogP contribution in [0.5, 0.6) is 5.75 Å². The van der Waals surface area contributed by atoms with Crippen molar-refractivity contribution in [3.8, 4) is 5.75 Å². The maximum Gasteiger partial charge on any atom is 0.243 e. The fourth-order valence-electron chi connectivity index (χ4n) is 4.26. The second kappa shape index (κ2) is 16.6. The van der Waals surface area contributed by atoms with Crippen molar-refractivity contribution in [2.24, 2.45) is 5.73 Å². The van der Waals surface area contributed by atoms with Gasteiger partial charge in [-0.05, 0) is 61.5 Å². The zero-order valence-corrected chi connectivity index (χ0v) is 24.2. The first-order chi connectivity index (χ1) is 19.8. The summed E-state index contributed by atoms with van der Waals surface area (Å²) in [6, 6.07) is 12.9. The van der Waals surface area contributed by atoms with Gasteiger partial charge in [0.15, 0.2) is 0 Å². The largest absolute Gasteiger partial charge is 0.497 e. The summed E-state index contributed by atoms with van der Waals surface area (Å²) < 4.78 is 8.35. The highest BCUT2D eigenvalue weighted by molar-refractivity contribution is 7.97. The molecule has 0 saturated carbocycles. The lowest BCUT2D eigenvalue weighted by atomic mass is 10.1. The van der Waals surface area contributed by atoms with Crippen LogP contribution in [0.2, 0.25) is 0 Å². The van der Waals surface area contributed by atoms with Gasteiger partial charge in [0.05, 0.1) is 20.1 Å². The smallest absolute Gasteiger partial charge is 0.243 e. The molecule has 0 unspecified atom stereocenters. The molecular formula is C28H39N7O5S. The van der Waals surface area contributed by atoms with Crippen molar-refractivity contribution in [2.75, 3.05) is 33.4 Å². The lowest BCUT2D eigenvalue weighted by Gasteiger charge is -2.28. The zero-order valence-electron chi connectivity index (χ0n) is 23.4. The van der Waals surface area contributed by atoms with E-state index >= 15 is 0 Å². The molecule has 1 aliphatic rings. The molecule has 0 spiro atoms. The predicted molar refractivity (Wildman–Crippen MR) is 157 cm³/mol. The molecule has 1 saturated heterocycles. The van der Waals surface area contributed by atoms with Gasteiger partial charge in [0.25, 0.3) is 0 Å². The van der Waals surface area contributed by atoms with Crippen LogP contribution in [-0.4, -0.2) is 73.9 Å². The Morgan fingerprint density at radius 2 is 1.83 bits per heavy atom. The van der Waals surface area contributed by atoms with Crippen molar-refractivity contribution in [1.29, 1.82) is 5.41 Å². The molecule has 2 atom stereocenters. The number of hydrogen-bond acceptors (Lipinski definition) is 9. The first kappa shape index (κ1) is 31.9. The van der Waals surface area contributed by atoms with Crippen LogP contribution >= 0.6 is 11.9 Å². The average Bonchev–Trinajstić information content (AvgIpc) is 3.48. The lowest BCUT2D eigenvalue weighted by Crippen LogP contribution is -2.52. The number of nitrogens with one attached hydrogen (secondary N) is 5. The number of nitrogens with two attached hydrogens (primary N) is 1. The highest BCUT2D eigenvalue weighted by atomic mass is 32.2. The second-order valence-electron chi connectivity index (χ2n) is 9.35. The Labute approximate surface area is 244 Å². The number of carbonyl (C=O) groups excluding carboxylic acids is 3. The number of benzene rings is 2. The molecule has 0 aromatic heterocycles. The van der Waals surface area contributed by atoms with Crippen LogP contribution in [0.1, 0.15) is 37.3 Å². The summed E-state index contributed by atoms with van der Waals surface area (Å²) in [5.74, 6) is -0.164. The Balaban J connectivity index is 1.63. The monoisotopic (exact) mass is 585 g/mol. The topological polar surface area (TPSA) is 171 Å². The Bertz CT molecular complexity index is 1160. The minimum atomic E-state index is -0.852. The van der Waals surface area contributed by atoms with Crippen LogP contribution in [-0.2, 0) is 25.8 Å². The van der Waals surface area contributed by atoms with E-state index in [1.807, 2.05) is 31.2 Å². The molecule has 0 aliphatic carbocycles. The summed E-state index contributed by atoms with van der Waals surface area (Å²) in [5, 5.41) is 13.2. The third-order valence-electron chi connectivity index (χ3n) is 6.43. The number of likely N-dealkylation sites (tertiary alicyclic amines) is 1. The van der Waals surface area contributed by atoms with E-state index in [4.69, 9.17) is 20.7 Å². The van der Waals surface area contributed by atoms with Crippen LogP contribution in [0.3, 0.4) is 0 Å². The number of rotatable bonds is 16. The van der Waals surface area contributed by atoms with Gasteiger partial charge in [-0.15, -0.1) is 0 Å². The van der Waals surface area contributed by atoms with Crippen LogP contribution < -0.4 is 31.3 Å². The molecule has 0 bridgehead atoms. The van der Waals surface area contributed by atoms with Crippen LogP contribution in [0.4, 0.5) is 0 Å². The van der Waals surface area contributed by atoms with Gasteiger partial charge in [-0.3, -0.25) is 19.8 Å². The number of amides is 3. The van der Waals surface area contributed by atoms with Gasteiger partial charge in [-0.1, -0.05) is 24.3 Å². The fraction of sp³-hybridized carbons (Fsp3) is 0.429. The SMILES string of the molecule is CCONCCNC(=O)C[C@@H](NSc1ccc(OC)cc1)C(=O)N1CCC[C@H]1C(=O)NCc1ccc(C(=N)N)cc1. The van der Waals surface area contributed by atoms with Gasteiger partial charge < -0.3 is 30.8 Å².